The number of imidazole rings is 1. The Hall–Kier alpha value is -2.53. The maximum absolute atomic E-state index is 13.0. The van der Waals surface area contributed by atoms with Crippen molar-refractivity contribution in [3.63, 3.8) is 0 Å². The van der Waals surface area contributed by atoms with Crippen LogP contribution in [0.4, 0.5) is 5.69 Å². The molecule has 1 N–H and O–H groups in total. The molecule has 1 amide bonds. The molecule has 1 fully saturated rings. The van der Waals surface area contributed by atoms with Crippen LogP contribution in [0.3, 0.4) is 0 Å². The molecule has 3 aromatic rings. The number of aromatic nitrogens is 2. The Bertz CT molecular complexity index is 963. The van der Waals surface area contributed by atoms with Crippen LogP contribution in [0.1, 0.15) is 35.1 Å². The van der Waals surface area contributed by atoms with E-state index >= 15 is 0 Å². The number of hydrogen-bond acceptors (Lipinski definition) is 3. The molecule has 0 radical (unpaired) electrons. The molecule has 3 heterocycles. The highest BCUT2D eigenvalue weighted by atomic mass is 35.5. The van der Waals surface area contributed by atoms with E-state index < -0.39 is 0 Å². The number of carbonyl (C=O) groups is 1. The van der Waals surface area contributed by atoms with Crippen molar-refractivity contribution in [1.82, 2.24) is 14.3 Å². The molecular formula is C18H15ClN4O. The first-order chi connectivity index (χ1) is 11.7. The molecule has 2 aromatic heterocycles. The average Bonchev–Trinajstić information content (AvgIpc) is 3.33. The maximum Gasteiger partial charge on any atom is 0.258 e. The first-order valence-corrected chi connectivity index (χ1v) is 8.41. The van der Waals surface area contributed by atoms with Crippen molar-refractivity contribution in [2.45, 2.75) is 25.0 Å². The van der Waals surface area contributed by atoms with Gasteiger partial charge in [-0.3, -0.25) is 4.79 Å². The number of halogens is 1. The Morgan fingerprint density at radius 2 is 1.96 bits per heavy atom. The fourth-order valence-corrected chi connectivity index (χ4v) is 3.50. The van der Waals surface area contributed by atoms with Gasteiger partial charge in [0.05, 0.1) is 10.6 Å². The molecule has 1 atom stereocenters. The Kier molecular flexibility index (Phi) is 2.88. The van der Waals surface area contributed by atoms with Crippen molar-refractivity contribution in [1.29, 1.82) is 0 Å². The van der Waals surface area contributed by atoms with Gasteiger partial charge in [0.1, 0.15) is 17.5 Å². The molecule has 0 spiro atoms. The summed E-state index contributed by atoms with van der Waals surface area (Å²) in [5.41, 5.74) is 3.23. The van der Waals surface area contributed by atoms with Crippen LogP contribution >= 0.6 is 11.6 Å². The molecule has 0 saturated heterocycles. The second-order valence-electron chi connectivity index (χ2n) is 6.31. The Morgan fingerprint density at radius 3 is 2.79 bits per heavy atom. The number of rotatable bonds is 2. The van der Waals surface area contributed by atoms with Gasteiger partial charge in [0.2, 0.25) is 0 Å². The fourth-order valence-electron chi connectivity index (χ4n) is 3.33. The zero-order chi connectivity index (χ0) is 16.3. The van der Waals surface area contributed by atoms with Crippen LogP contribution in [-0.4, -0.2) is 26.2 Å². The minimum atomic E-state index is -0.251. The third-order valence-electron chi connectivity index (χ3n) is 4.62. The van der Waals surface area contributed by atoms with E-state index in [1.54, 1.807) is 0 Å². The van der Waals surface area contributed by atoms with E-state index in [2.05, 4.69) is 5.32 Å². The first kappa shape index (κ1) is 13.9. The molecule has 24 heavy (non-hydrogen) atoms. The molecular weight excluding hydrogens is 324 g/mol. The first-order valence-electron chi connectivity index (χ1n) is 8.03. The van der Waals surface area contributed by atoms with E-state index in [9.17, 15) is 4.79 Å². The van der Waals surface area contributed by atoms with Gasteiger partial charge in [0.25, 0.3) is 5.91 Å². The van der Waals surface area contributed by atoms with Crippen molar-refractivity contribution in [2.75, 3.05) is 5.32 Å². The number of anilines is 1. The maximum atomic E-state index is 13.0. The van der Waals surface area contributed by atoms with E-state index in [-0.39, 0.29) is 18.1 Å². The van der Waals surface area contributed by atoms with E-state index in [1.807, 2.05) is 58.1 Å². The molecule has 5 nitrogen and oxygen atoms in total. The van der Waals surface area contributed by atoms with Crippen LogP contribution in [0.5, 0.6) is 0 Å². The van der Waals surface area contributed by atoms with E-state index in [1.165, 1.54) is 0 Å². The predicted molar refractivity (Wildman–Crippen MR) is 92.2 cm³/mol. The van der Waals surface area contributed by atoms with Gasteiger partial charge in [-0.15, -0.1) is 0 Å². The molecule has 1 saturated carbocycles. The molecule has 0 bridgehead atoms. The highest BCUT2D eigenvalue weighted by Crippen LogP contribution is 2.40. The molecule has 2 aliphatic rings. The lowest BCUT2D eigenvalue weighted by Gasteiger charge is -2.37. The zero-order valence-corrected chi connectivity index (χ0v) is 13.6. The van der Waals surface area contributed by atoms with Crippen molar-refractivity contribution in [2.24, 2.45) is 0 Å². The average molecular weight is 339 g/mol. The minimum absolute atomic E-state index is 0.0759. The van der Waals surface area contributed by atoms with E-state index in [4.69, 9.17) is 16.6 Å². The molecule has 5 rings (SSSR count). The number of benzene rings is 1. The summed E-state index contributed by atoms with van der Waals surface area (Å²) in [7, 11) is 0. The van der Waals surface area contributed by atoms with Crippen LogP contribution in [0.25, 0.3) is 5.65 Å². The Balaban J connectivity index is 1.63. The number of pyridine rings is 1. The van der Waals surface area contributed by atoms with Crippen molar-refractivity contribution in [3.05, 3.63) is 65.1 Å². The van der Waals surface area contributed by atoms with Gasteiger partial charge in [0, 0.05) is 24.1 Å². The summed E-state index contributed by atoms with van der Waals surface area (Å²) < 4.78 is 1.90. The van der Waals surface area contributed by atoms with Crippen LogP contribution in [0, 0.1) is 0 Å². The Morgan fingerprint density at radius 1 is 1.12 bits per heavy atom. The van der Waals surface area contributed by atoms with Gasteiger partial charge in [-0.25, -0.2) is 4.98 Å². The third kappa shape index (κ3) is 2.08. The van der Waals surface area contributed by atoms with E-state index in [0.717, 1.165) is 35.4 Å². The van der Waals surface area contributed by atoms with Gasteiger partial charge in [-0.05, 0) is 37.1 Å². The summed E-state index contributed by atoms with van der Waals surface area (Å²) in [4.78, 5) is 19.6. The van der Waals surface area contributed by atoms with Gasteiger partial charge in [0.15, 0.2) is 0 Å². The molecule has 6 heteroatoms. The number of carbonyl (C=O) groups excluding carboxylic acids is 1. The minimum Gasteiger partial charge on any atom is -0.359 e. The number of fused-ring (bicyclic) bond motifs is 2. The summed E-state index contributed by atoms with van der Waals surface area (Å²) in [6, 6.07) is 11.6. The lowest BCUT2D eigenvalue weighted by atomic mass is 10.1. The second-order valence-corrected chi connectivity index (χ2v) is 6.75. The van der Waals surface area contributed by atoms with Crippen LogP contribution < -0.4 is 5.32 Å². The number of nitrogens with zero attached hydrogens (tertiary/aromatic N) is 3. The third-order valence-corrected chi connectivity index (χ3v) is 4.84. The monoisotopic (exact) mass is 338 g/mol. The normalized spacial score (nSPS) is 20.1. The number of hydrogen-bond donors (Lipinski definition) is 1. The zero-order valence-electron chi connectivity index (χ0n) is 12.8. The summed E-state index contributed by atoms with van der Waals surface area (Å²) in [6.45, 7) is 0. The van der Waals surface area contributed by atoms with Gasteiger partial charge >= 0.3 is 0 Å². The van der Waals surface area contributed by atoms with Crippen LogP contribution in [-0.2, 0) is 0 Å². The second kappa shape index (κ2) is 4.98. The number of nitrogens with one attached hydrogen (secondary N) is 1. The largest absolute Gasteiger partial charge is 0.359 e. The van der Waals surface area contributed by atoms with Gasteiger partial charge in [-0.2, -0.15) is 0 Å². The predicted octanol–water partition coefficient (Wildman–Crippen LogP) is 3.72. The Labute approximate surface area is 143 Å². The van der Waals surface area contributed by atoms with Crippen molar-refractivity contribution < 1.29 is 4.79 Å². The highest BCUT2D eigenvalue weighted by molar-refractivity contribution is 6.30. The molecule has 1 aliphatic carbocycles. The lowest BCUT2D eigenvalue weighted by molar-refractivity contribution is 0.0663. The fraction of sp³-hybridized carbons (Fsp3) is 0.222. The van der Waals surface area contributed by atoms with Crippen molar-refractivity contribution in [3.8, 4) is 0 Å². The van der Waals surface area contributed by atoms with Crippen LogP contribution in [0.15, 0.2) is 48.8 Å². The molecule has 1 aliphatic heterocycles. The van der Waals surface area contributed by atoms with Crippen molar-refractivity contribution >= 4 is 28.8 Å². The van der Waals surface area contributed by atoms with E-state index in [0.29, 0.717) is 5.02 Å². The van der Waals surface area contributed by atoms with Gasteiger partial charge < -0.3 is 14.6 Å². The summed E-state index contributed by atoms with van der Waals surface area (Å²) in [5, 5.41) is 4.14. The molecule has 120 valence electrons. The smallest absolute Gasteiger partial charge is 0.258 e. The summed E-state index contributed by atoms with van der Waals surface area (Å²) in [5.74, 6) is 0.0759. The van der Waals surface area contributed by atoms with Gasteiger partial charge in [-0.1, -0.05) is 23.7 Å². The molecule has 1 unspecified atom stereocenters. The SMILES string of the molecule is O=C1c2ccccc2NC(c2cn3cc(Cl)ccc3n2)N1C1CC1. The number of para-hydroxylation sites is 1. The van der Waals surface area contributed by atoms with Crippen LogP contribution in [0.2, 0.25) is 5.02 Å². The highest BCUT2D eigenvalue weighted by Gasteiger charge is 2.42. The summed E-state index contributed by atoms with van der Waals surface area (Å²) in [6.07, 6.45) is 5.61. The topological polar surface area (TPSA) is 49.6 Å². The quantitative estimate of drug-likeness (QED) is 0.774. The molecule has 1 aromatic carbocycles. The number of amides is 1. The lowest BCUT2D eigenvalue weighted by Crippen LogP contribution is -2.44. The summed E-state index contributed by atoms with van der Waals surface area (Å²) >= 11 is 6.06. The standard InChI is InChI=1S/C18H15ClN4O/c19-11-5-8-16-20-15(10-22(16)9-11)17-21-14-4-2-1-3-13(14)18(24)23(17)12-6-7-12/h1-5,8-10,12,17,21H,6-7H2.